The number of nitrogens with zero attached hydrogens (tertiary/aromatic N) is 1. The van der Waals surface area contributed by atoms with Crippen molar-refractivity contribution in [1.29, 1.82) is 0 Å². The van der Waals surface area contributed by atoms with Crippen LogP contribution in [0.25, 0.3) is 0 Å². The summed E-state index contributed by atoms with van der Waals surface area (Å²) >= 11 is 0. The monoisotopic (exact) mass is 210 g/mol. The summed E-state index contributed by atoms with van der Waals surface area (Å²) in [5.41, 5.74) is 6.04. The molecule has 15 heavy (non-hydrogen) atoms. The molecule has 3 heteroatoms. The molecule has 3 N–H and O–H groups in total. The SMILES string of the molecule is NC(CO)C1CCC2C3CCN(CC3)C12. The summed E-state index contributed by atoms with van der Waals surface area (Å²) in [4.78, 5) is 2.65. The summed E-state index contributed by atoms with van der Waals surface area (Å²) in [5.74, 6) is 2.43. The summed E-state index contributed by atoms with van der Waals surface area (Å²) in [6, 6.07) is 0.721. The molecule has 4 aliphatic rings. The third-order valence-electron chi connectivity index (χ3n) is 5.07. The minimum absolute atomic E-state index is 0.0133. The smallest absolute Gasteiger partial charge is 0.0585 e. The van der Waals surface area contributed by atoms with Crippen molar-refractivity contribution in [2.75, 3.05) is 19.7 Å². The van der Waals surface area contributed by atoms with Crippen molar-refractivity contribution in [3.05, 3.63) is 0 Å². The Bertz CT molecular complexity index is 238. The van der Waals surface area contributed by atoms with Gasteiger partial charge in [0.25, 0.3) is 0 Å². The average Bonchev–Trinajstić information content (AvgIpc) is 2.76. The van der Waals surface area contributed by atoms with E-state index in [9.17, 15) is 5.11 Å². The third-order valence-corrected chi connectivity index (χ3v) is 5.07. The van der Waals surface area contributed by atoms with E-state index in [1.165, 1.54) is 38.8 Å². The van der Waals surface area contributed by atoms with Crippen molar-refractivity contribution in [3.63, 3.8) is 0 Å². The Labute approximate surface area is 91.6 Å². The summed E-state index contributed by atoms with van der Waals surface area (Å²) < 4.78 is 0. The minimum atomic E-state index is 0.0133. The van der Waals surface area contributed by atoms with E-state index in [0.29, 0.717) is 12.0 Å². The van der Waals surface area contributed by atoms with Gasteiger partial charge in [0.2, 0.25) is 0 Å². The maximum Gasteiger partial charge on any atom is 0.0585 e. The zero-order valence-corrected chi connectivity index (χ0v) is 9.31. The lowest BCUT2D eigenvalue weighted by atomic mass is 9.73. The minimum Gasteiger partial charge on any atom is -0.395 e. The predicted octanol–water partition coefficient (Wildman–Crippen LogP) is 0.426. The highest BCUT2D eigenvalue weighted by Gasteiger charge is 2.50. The first-order valence-corrected chi connectivity index (χ1v) is 6.41. The molecule has 3 nitrogen and oxygen atoms in total. The van der Waals surface area contributed by atoms with Crippen LogP contribution in [-0.2, 0) is 0 Å². The van der Waals surface area contributed by atoms with Crippen molar-refractivity contribution in [2.24, 2.45) is 23.5 Å². The van der Waals surface area contributed by atoms with Gasteiger partial charge in [-0.3, -0.25) is 4.90 Å². The topological polar surface area (TPSA) is 49.5 Å². The van der Waals surface area contributed by atoms with Gasteiger partial charge in [0.1, 0.15) is 0 Å². The zero-order valence-electron chi connectivity index (χ0n) is 9.31. The Hall–Kier alpha value is -0.120. The zero-order chi connectivity index (χ0) is 10.4. The Morgan fingerprint density at radius 2 is 1.93 bits per heavy atom. The first kappa shape index (κ1) is 10.1. The molecule has 86 valence electrons. The number of nitrogens with two attached hydrogens (primary N) is 1. The molecule has 4 rings (SSSR count). The van der Waals surface area contributed by atoms with Crippen molar-refractivity contribution in [1.82, 2.24) is 4.90 Å². The molecule has 4 fully saturated rings. The van der Waals surface area contributed by atoms with Gasteiger partial charge in [0.05, 0.1) is 6.61 Å². The van der Waals surface area contributed by atoms with Gasteiger partial charge in [-0.15, -0.1) is 0 Å². The second-order valence-corrected chi connectivity index (χ2v) is 5.62. The number of rotatable bonds is 2. The van der Waals surface area contributed by atoms with Gasteiger partial charge in [-0.2, -0.15) is 0 Å². The maximum atomic E-state index is 9.21. The number of piperidine rings is 3. The summed E-state index contributed by atoms with van der Waals surface area (Å²) in [6.07, 6.45) is 5.40. The maximum absolute atomic E-state index is 9.21. The molecule has 3 aliphatic heterocycles. The van der Waals surface area contributed by atoms with Crippen LogP contribution in [0.5, 0.6) is 0 Å². The lowest BCUT2D eigenvalue weighted by Gasteiger charge is -2.50. The Morgan fingerprint density at radius 1 is 1.20 bits per heavy atom. The molecule has 1 aliphatic carbocycles. The number of fused-ring (bicyclic) bond motifs is 2. The summed E-state index contributed by atoms with van der Waals surface area (Å²) in [7, 11) is 0. The van der Waals surface area contributed by atoms with Gasteiger partial charge in [0.15, 0.2) is 0 Å². The van der Waals surface area contributed by atoms with Gasteiger partial charge in [0, 0.05) is 12.1 Å². The normalized spacial score (nSPS) is 50.4. The highest BCUT2D eigenvalue weighted by molar-refractivity contribution is 5.03. The number of hydrogen-bond donors (Lipinski definition) is 2. The Kier molecular flexibility index (Phi) is 2.49. The van der Waals surface area contributed by atoms with Crippen molar-refractivity contribution < 1.29 is 5.11 Å². The van der Waals surface area contributed by atoms with E-state index in [-0.39, 0.29) is 12.6 Å². The van der Waals surface area contributed by atoms with E-state index in [1.807, 2.05) is 0 Å². The molecule has 0 amide bonds. The molecule has 1 saturated carbocycles. The average molecular weight is 210 g/mol. The van der Waals surface area contributed by atoms with Crippen molar-refractivity contribution in [2.45, 2.75) is 37.8 Å². The molecular formula is C12H22N2O. The van der Waals surface area contributed by atoms with Crippen LogP contribution in [0.2, 0.25) is 0 Å². The molecule has 0 radical (unpaired) electrons. The van der Waals surface area contributed by atoms with Gasteiger partial charge in [-0.25, -0.2) is 0 Å². The Balaban J connectivity index is 1.80. The molecule has 0 aromatic rings. The van der Waals surface area contributed by atoms with Crippen LogP contribution in [-0.4, -0.2) is 41.8 Å². The van der Waals surface area contributed by atoms with E-state index in [2.05, 4.69) is 4.90 Å². The van der Waals surface area contributed by atoms with Crippen LogP contribution < -0.4 is 5.73 Å². The van der Waals surface area contributed by atoms with Crippen molar-refractivity contribution in [3.8, 4) is 0 Å². The standard InChI is InChI=1S/C12H22N2O/c13-11(7-15)10-2-1-9-8-3-5-14(6-4-8)12(9)10/h8-12,15H,1-7,13H2. The quantitative estimate of drug-likeness (QED) is 0.695. The van der Waals surface area contributed by atoms with Crippen LogP contribution in [0.15, 0.2) is 0 Å². The molecule has 3 heterocycles. The molecule has 0 aromatic heterocycles. The fraction of sp³-hybridized carbons (Fsp3) is 1.00. The van der Waals surface area contributed by atoms with Crippen LogP contribution in [0.4, 0.5) is 0 Å². The third kappa shape index (κ3) is 1.44. The lowest BCUT2D eigenvalue weighted by Crippen LogP contribution is -2.57. The summed E-state index contributed by atoms with van der Waals surface area (Å²) in [5, 5.41) is 9.21. The molecule has 2 bridgehead atoms. The van der Waals surface area contributed by atoms with Crippen LogP contribution in [0.1, 0.15) is 25.7 Å². The summed E-state index contributed by atoms with van der Waals surface area (Å²) in [6.45, 7) is 2.72. The largest absolute Gasteiger partial charge is 0.395 e. The van der Waals surface area contributed by atoms with E-state index in [1.54, 1.807) is 0 Å². The Morgan fingerprint density at radius 3 is 2.60 bits per heavy atom. The van der Waals surface area contributed by atoms with Gasteiger partial charge in [-0.05, 0) is 56.5 Å². The van der Waals surface area contributed by atoms with Crippen LogP contribution in [0.3, 0.4) is 0 Å². The molecule has 0 aromatic carbocycles. The second kappa shape index (κ2) is 3.72. The number of aliphatic hydroxyl groups excluding tert-OH is 1. The first-order chi connectivity index (χ1) is 7.31. The van der Waals surface area contributed by atoms with E-state index < -0.39 is 0 Å². The van der Waals surface area contributed by atoms with E-state index >= 15 is 0 Å². The molecule has 3 saturated heterocycles. The van der Waals surface area contributed by atoms with Gasteiger partial charge >= 0.3 is 0 Å². The fourth-order valence-electron chi connectivity index (χ4n) is 4.35. The highest BCUT2D eigenvalue weighted by Crippen LogP contribution is 2.48. The first-order valence-electron chi connectivity index (χ1n) is 6.41. The highest BCUT2D eigenvalue weighted by atomic mass is 16.3. The van der Waals surface area contributed by atoms with Crippen LogP contribution >= 0.6 is 0 Å². The van der Waals surface area contributed by atoms with E-state index in [0.717, 1.165) is 11.8 Å². The van der Waals surface area contributed by atoms with E-state index in [4.69, 9.17) is 5.73 Å². The number of hydrogen-bond acceptors (Lipinski definition) is 3. The van der Waals surface area contributed by atoms with Gasteiger partial charge in [-0.1, -0.05) is 0 Å². The fourth-order valence-corrected chi connectivity index (χ4v) is 4.35. The molecular weight excluding hydrogens is 188 g/mol. The lowest BCUT2D eigenvalue weighted by molar-refractivity contribution is -0.0167. The molecule has 4 unspecified atom stereocenters. The van der Waals surface area contributed by atoms with Gasteiger partial charge < -0.3 is 10.8 Å². The number of aliphatic hydroxyl groups is 1. The molecule has 0 spiro atoms. The molecule has 4 atom stereocenters. The van der Waals surface area contributed by atoms with Crippen molar-refractivity contribution >= 4 is 0 Å². The second-order valence-electron chi connectivity index (χ2n) is 5.62. The predicted molar refractivity (Wildman–Crippen MR) is 59.4 cm³/mol. The van der Waals surface area contributed by atoms with Crippen LogP contribution in [0, 0.1) is 17.8 Å².